The van der Waals surface area contributed by atoms with Gasteiger partial charge in [-0.1, -0.05) is 72.8 Å². The van der Waals surface area contributed by atoms with Gasteiger partial charge >= 0.3 is 17.2 Å². The molecule has 0 aliphatic rings. The van der Waals surface area contributed by atoms with Crippen LogP contribution in [0.1, 0.15) is 31.4 Å². The molecule has 0 bridgehead atoms. The van der Waals surface area contributed by atoms with E-state index in [0.717, 1.165) is 48.1 Å². The Bertz CT molecular complexity index is 3090. The second-order valence-corrected chi connectivity index (χ2v) is 18.8. The number of allylic oxidation sites excluding steroid dienone is 1. The maximum absolute atomic E-state index is 13.3. The van der Waals surface area contributed by atoms with Crippen LogP contribution in [0.25, 0.3) is 45.9 Å². The van der Waals surface area contributed by atoms with Crippen LogP contribution < -0.4 is 0 Å². The molecule has 6 aromatic carbocycles. The number of halogens is 17. The third-order valence-corrected chi connectivity index (χ3v) is 12.8. The summed E-state index contributed by atoms with van der Waals surface area (Å²) in [7, 11) is -8.74. The molecule has 24 heteroatoms. The van der Waals surface area contributed by atoms with E-state index < -0.39 is 106 Å². The fourth-order valence-corrected chi connectivity index (χ4v) is 9.04. The molecular weight excluding hydrogens is 1020 g/mol. The van der Waals surface area contributed by atoms with Crippen molar-refractivity contribution in [2.45, 2.75) is 43.1 Å². The van der Waals surface area contributed by atoms with Gasteiger partial charge in [-0.15, -0.1) is 24.5 Å². The van der Waals surface area contributed by atoms with Gasteiger partial charge in [-0.3, -0.25) is 0 Å². The average Bonchev–Trinajstić information content (AvgIpc) is 3.71. The van der Waals surface area contributed by atoms with Gasteiger partial charge in [0.2, 0.25) is 0 Å². The van der Waals surface area contributed by atoms with Crippen LogP contribution in [-0.2, 0) is 21.2 Å². The van der Waals surface area contributed by atoms with Crippen LogP contribution in [0.15, 0.2) is 116 Å². The number of thiophene rings is 2. The summed E-state index contributed by atoms with van der Waals surface area (Å²) in [4.78, 5) is 0. The predicted molar refractivity (Wildman–Crippen MR) is 228 cm³/mol. The summed E-state index contributed by atoms with van der Waals surface area (Å²) < 4.78 is 240. The molecule has 0 aliphatic heterocycles. The van der Waals surface area contributed by atoms with E-state index in [-0.39, 0.29) is 16.3 Å². The molecule has 1 unspecified atom stereocenters. The third kappa shape index (κ3) is 14.4. The minimum Gasteiger partial charge on any atom is -0.741 e. The quantitative estimate of drug-likeness (QED) is 0.0828. The van der Waals surface area contributed by atoms with Crippen molar-refractivity contribution in [1.82, 2.24) is 0 Å². The Morgan fingerprint density at radius 1 is 0.580 bits per heavy atom. The van der Waals surface area contributed by atoms with E-state index in [0.29, 0.717) is 44.4 Å². The maximum atomic E-state index is 13.3. The molecule has 4 nitrogen and oxygen atoms in total. The summed E-state index contributed by atoms with van der Waals surface area (Å²) in [6.07, 6.45) is -5.59. The highest BCUT2D eigenvalue weighted by molar-refractivity contribution is 7.86. The van der Waals surface area contributed by atoms with Gasteiger partial charge in [-0.25, -0.2) is 43.5 Å². The lowest BCUT2D eigenvalue weighted by molar-refractivity contribution is -0.174. The van der Waals surface area contributed by atoms with Crippen molar-refractivity contribution in [3.63, 3.8) is 0 Å². The van der Waals surface area contributed by atoms with Crippen molar-refractivity contribution in [3.8, 4) is 0 Å². The molecule has 0 aliphatic carbocycles. The first-order valence-electron chi connectivity index (χ1n) is 18.7. The Hall–Kier alpha value is -5.82. The first kappa shape index (κ1) is 55.8. The fourth-order valence-electron chi connectivity index (χ4n) is 5.96. The molecule has 1 N–H and O–H groups in total. The van der Waals surface area contributed by atoms with Crippen LogP contribution >= 0.6 is 21.8 Å². The molecule has 0 fully saturated rings. The first-order chi connectivity index (χ1) is 31.6. The van der Waals surface area contributed by atoms with Gasteiger partial charge in [0, 0.05) is 32.3 Å². The van der Waals surface area contributed by atoms with Gasteiger partial charge in [0.15, 0.2) is 66.1 Å². The van der Waals surface area contributed by atoms with Crippen LogP contribution in [0.2, 0.25) is 0 Å². The Balaban J connectivity index is 0.000000196. The second-order valence-electron chi connectivity index (χ2n) is 14.4. The number of alkyl halides is 9. The predicted octanol–water partition coefficient (Wildman–Crippen LogP) is 16.0. The topological polar surface area (TPSA) is 77.4 Å². The summed E-state index contributed by atoms with van der Waals surface area (Å²) in [6.45, 7) is 7.00. The standard InChI is InChI=1S/C13H4F7S.C12H4F4S.C10H11F3O.C9H10.CHF3O3S/c14-7-1-5-6-2-8(15)10(17)4-12(6)21(13(18,19)20)11(5)3-9(7)16;13-7-1-5-6-2-8(14)10(16)4-12(6)17-11(5)3-9(7)15;1-9(14,7-10(11,12)13)8-5-3-2-4-6-8;1-8(2)9-6-4-3-5-7-9;2-1(3,4)8(5,6)7/h1-4H;1-4H;2-6,14H,7H2,1H3;3-7H,1H2,2H3;(H,5,6,7)/q+1;;;;/p-1. The number of aliphatic hydroxyl groups is 1. The Morgan fingerprint density at radius 2 is 0.899 bits per heavy atom. The molecule has 0 spiro atoms. The van der Waals surface area contributed by atoms with Gasteiger partial charge in [-0.05, 0) is 61.4 Å². The van der Waals surface area contributed by atoms with E-state index in [9.17, 15) is 79.7 Å². The molecule has 1 atom stereocenters. The van der Waals surface area contributed by atoms with E-state index in [1.165, 1.54) is 17.7 Å². The van der Waals surface area contributed by atoms with Crippen LogP contribution in [0, 0.1) is 46.5 Å². The summed E-state index contributed by atoms with van der Waals surface area (Å²) in [5.74, 6) is -9.51. The van der Waals surface area contributed by atoms with Crippen molar-refractivity contribution in [3.05, 3.63) is 173 Å². The molecule has 8 aromatic rings. The van der Waals surface area contributed by atoms with Crippen molar-refractivity contribution >= 4 is 77.8 Å². The zero-order valence-corrected chi connectivity index (χ0v) is 37.1. The van der Waals surface area contributed by atoms with Gasteiger partial charge < -0.3 is 9.66 Å². The van der Waals surface area contributed by atoms with Crippen LogP contribution in [0.5, 0.6) is 0 Å². The first-order valence-corrected chi connectivity index (χ1v) is 22.1. The van der Waals surface area contributed by atoms with Gasteiger partial charge in [0.1, 0.15) is 10.5 Å². The Morgan fingerprint density at radius 3 is 1.20 bits per heavy atom. The average molecular weight is 1050 g/mol. The van der Waals surface area contributed by atoms with Crippen LogP contribution in [0.3, 0.4) is 0 Å². The molecular formula is C45H29F17O4S3. The molecule has 0 saturated heterocycles. The van der Waals surface area contributed by atoms with Crippen molar-refractivity contribution < 1.29 is 92.7 Å². The van der Waals surface area contributed by atoms with Crippen LogP contribution in [0.4, 0.5) is 74.6 Å². The van der Waals surface area contributed by atoms with Gasteiger partial charge in [-0.2, -0.15) is 26.3 Å². The number of benzene rings is 6. The highest BCUT2D eigenvalue weighted by atomic mass is 32.2. The van der Waals surface area contributed by atoms with E-state index in [1.54, 1.807) is 18.2 Å². The molecule has 370 valence electrons. The highest BCUT2D eigenvalue weighted by Gasteiger charge is 2.48. The zero-order valence-electron chi connectivity index (χ0n) is 34.6. The normalized spacial score (nSPS) is 12.8. The monoisotopic (exact) mass is 1050 g/mol. The molecule has 0 saturated carbocycles. The fraction of sp³-hybridized carbons (Fsp3) is 0.156. The summed E-state index contributed by atoms with van der Waals surface area (Å²) in [5.41, 5.74) is -9.69. The highest BCUT2D eigenvalue weighted by Crippen LogP contribution is 2.54. The summed E-state index contributed by atoms with van der Waals surface area (Å²) in [6, 6.07) is 24.1. The number of fused-ring (bicyclic) bond motifs is 6. The van der Waals surface area contributed by atoms with Crippen LogP contribution in [-0.4, -0.2) is 29.8 Å². The van der Waals surface area contributed by atoms with Crippen molar-refractivity contribution in [2.24, 2.45) is 0 Å². The van der Waals surface area contributed by atoms with E-state index in [4.69, 9.17) is 13.0 Å². The lowest BCUT2D eigenvalue weighted by Gasteiger charge is -2.24. The molecule has 8 rings (SSSR count). The SMILES string of the molecule is C=C(C)c1ccccc1.CC(O)(CC(F)(F)F)c1ccccc1.Fc1cc2c3cc(F)c(F)cc3[s+](C(F)(F)F)c2cc1F.Fc1cc2sc3cc(F)c(F)cc3c2cc1F.O=S(=O)([O-])C(F)(F)F. The minimum absolute atomic E-state index is 0.275. The largest absolute Gasteiger partial charge is 0.741 e. The maximum Gasteiger partial charge on any atom is 0.601 e. The van der Waals surface area contributed by atoms with E-state index >= 15 is 0 Å². The third-order valence-electron chi connectivity index (χ3n) is 9.05. The van der Waals surface area contributed by atoms with Crippen molar-refractivity contribution in [2.75, 3.05) is 0 Å². The Kier molecular flexibility index (Phi) is 17.3. The minimum atomic E-state index is -6.09. The second kappa shape index (κ2) is 21.4. The molecule has 0 radical (unpaired) electrons. The number of rotatable bonds is 3. The summed E-state index contributed by atoms with van der Waals surface area (Å²) >= 11 is 1.09. The summed E-state index contributed by atoms with van der Waals surface area (Å²) in [5, 5.41) is 9.84. The smallest absolute Gasteiger partial charge is 0.601 e. The molecule has 2 aromatic heterocycles. The molecule has 0 amide bonds. The van der Waals surface area contributed by atoms with Crippen molar-refractivity contribution in [1.29, 1.82) is 0 Å². The Labute approximate surface area is 385 Å². The zero-order chi connectivity index (χ0) is 52.2. The van der Waals surface area contributed by atoms with Gasteiger partial charge in [0.25, 0.3) is 0 Å². The number of hydrogen-bond acceptors (Lipinski definition) is 5. The molecule has 69 heavy (non-hydrogen) atoms. The lowest BCUT2D eigenvalue weighted by Crippen LogP contribution is -2.28. The van der Waals surface area contributed by atoms with Gasteiger partial charge in [0.05, 0.1) is 22.8 Å². The number of hydrogen-bond donors (Lipinski definition) is 1. The van der Waals surface area contributed by atoms with E-state index in [1.807, 2.05) is 25.1 Å². The van der Waals surface area contributed by atoms with E-state index in [2.05, 4.69) is 18.7 Å². The molecule has 2 heterocycles. The lowest BCUT2D eigenvalue weighted by atomic mass is 9.92.